The average Bonchev–Trinajstić information content (AvgIpc) is 2.34. The average molecular weight is 167 g/mol. The predicted molar refractivity (Wildman–Crippen MR) is 49.1 cm³/mol. The third-order valence-corrected chi connectivity index (χ3v) is 1.36. The molecular weight excluding hydrogens is 158 g/mol. The smallest absolute Gasteiger partial charge is 0.0772 e. The molecule has 0 amide bonds. The largest absolute Gasteiger partial charge is 0.393 e. The van der Waals surface area contributed by atoms with Crippen LogP contribution in [0.3, 0.4) is 0 Å². The third-order valence-electron chi connectivity index (χ3n) is 1.22. The van der Waals surface area contributed by atoms with E-state index in [1.165, 1.54) is 0 Å². The Morgan fingerprint density at radius 3 is 3.09 bits per heavy atom. The molecule has 0 fully saturated rings. The zero-order valence-corrected chi connectivity index (χ0v) is 6.84. The van der Waals surface area contributed by atoms with Crippen LogP contribution in [0.15, 0.2) is 19.0 Å². The molecule has 1 aromatic heterocycles. The zero-order valence-electron chi connectivity index (χ0n) is 6.03. The van der Waals surface area contributed by atoms with Gasteiger partial charge < -0.3 is 5.73 Å². The Morgan fingerprint density at radius 2 is 2.64 bits per heavy atom. The first-order valence-electron chi connectivity index (χ1n) is 3.16. The predicted octanol–water partition coefficient (Wildman–Crippen LogP) is 0.812. The number of nitrogens with two attached hydrogens (primary N) is 1. The van der Waals surface area contributed by atoms with Crippen LogP contribution in [0.5, 0.6) is 0 Å². The number of nitrogens with zero attached hydrogens (tertiary/aromatic N) is 2. The molecule has 58 valence electrons. The topological polar surface area (TPSA) is 43.8 Å². The van der Waals surface area contributed by atoms with E-state index in [1.807, 2.05) is 6.20 Å². The van der Waals surface area contributed by atoms with E-state index in [4.69, 9.17) is 18.0 Å². The summed E-state index contributed by atoms with van der Waals surface area (Å²) < 4.78 is 1.62. The fraction of sp³-hybridized carbons (Fsp3) is 0.143. The van der Waals surface area contributed by atoms with E-state index in [0.29, 0.717) is 11.4 Å². The second-order valence-corrected chi connectivity index (χ2v) is 2.68. The fourth-order valence-corrected chi connectivity index (χ4v) is 0.936. The Kier molecular flexibility index (Phi) is 2.38. The molecule has 2 N–H and O–H groups in total. The summed E-state index contributed by atoms with van der Waals surface area (Å²) in [7, 11) is 0. The number of thiocarbonyl (C=S) groups is 1. The molecule has 0 bridgehead atoms. The highest BCUT2D eigenvalue weighted by molar-refractivity contribution is 7.80. The van der Waals surface area contributed by atoms with E-state index in [-0.39, 0.29) is 0 Å². The Bertz CT molecular complexity index is 277. The van der Waals surface area contributed by atoms with Crippen LogP contribution in [-0.4, -0.2) is 14.8 Å². The zero-order chi connectivity index (χ0) is 8.27. The molecule has 0 saturated carbocycles. The lowest BCUT2D eigenvalue weighted by Gasteiger charge is -1.90. The Hall–Kier alpha value is -1.16. The quantitative estimate of drug-likeness (QED) is 0.677. The van der Waals surface area contributed by atoms with Crippen LogP contribution in [0, 0.1) is 0 Å². The molecule has 4 heteroatoms. The molecule has 0 spiro atoms. The van der Waals surface area contributed by atoms with Crippen LogP contribution in [0.2, 0.25) is 0 Å². The molecule has 11 heavy (non-hydrogen) atoms. The van der Waals surface area contributed by atoms with Gasteiger partial charge in [0.05, 0.1) is 11.2 Å². The number of hydrogen-bond acceptors (Lipinski definition) is 2. The normalized spacial score (nSPS) is 9.45. The molecule has 1 aromatic rings. The van der Waals surface area contributed by atoms with Crippen LogP contribution in [0.25, 0.3) is 6.20 Å². The lowest BCUT2D eigenvalue weighted by Crippen LogP contribution is -2.10. The van der Waals surface area contributed by atoms with Gasteiger partial charge in [-0.3, -0.25) is 0 Å². The third kappa shape index (κ3) is 2.16. The van der Waals surface area contributed by atoms with Gasteiger partial charge in [-0.2, -0.15) is 5.10 Å². The van der Waals surface area contributed by atoms with Crippen molar-refractivity contribution < 1.29 is 0 Å². The van der Waals surface area contributed by atoms with Gasteiger partial charge in [0.25, 0.3) is 0 Å². The van der Waals surface area contributed by atoms with Crippen LogP contribution in [-0.2, 0) is 6.42 Å². The van der Waals surface area contributed by atoms with Crippen molar-refractivity contribution in [3.63, 3.8) is 0 Å². The van der Waals surface area contributed by atoms with Crippen molar-refractivity contribution >= 4 is 23.4 Å². The first kappa shape index (κ1) is 7.94. The maximum absolute atomic E-state index is 5.34. The first-order valence-corrected chi connectivity index (χ1v) is 3.57. The van der Waals surface area contributed by atoms with Gasteiger partial charge in [0.1, 0.15) is 0 Å². The lowest BCUT2D eigenvalue weighted by atomic mass is 10.3. The molecular formula is C7H9N3S. The van der Waals surface area contributed by atoms with Crippen molar-refractivity contribution in [3.8, 4) is 0 Å². The fourth-order valence-electron chi connectivity index (χ4n) is 0.770. The monoisotopic (exact) mass is 167 g/mol. The van der Waals surface area contributed by atoms with Gasteiger partial charge in [-0.25, -0.2) is 4.68 Å². The maximum atomic E-state index is 5.34. The van der Waals surface area contributed by atoms with E-state index >= 15 is 0 Å². The molecule has 1 rings (SSSR count). The number of aromatic nitrogens is 2. The summed E-state index contributed by atoms with van der Waals surface area (Å²) in [5.41, 5.74) is 6.36. The highest BCUT2D eigenvalue weighted by Gasteiger charge is 1.96. The summed E-state index contributed by atoms with van der Waals surface area (Å²) in [5.74, 6) is 0. The van der Waals surface area contributed by atoms with Gasteiger partial charge >= 0.3 is 0 Å². The molecule has 3 nitrogen and oxygen atoms in total. The van der Waals surface area contributed by atoms with Gasteiger partial charge in [0.2, 0.25) is 0 Å². The van der Waals surface area contributed by atoms with Crippen molar-refractivity contribution in [1.29, 1.82) is 0 Å². The minimum Gasteiger partial charge on any atom is -0.393 e. The van der Waals surface area contributed by atoms with Gasteiger partial charge in [-0.15, -0.1) is 0 Å². The molecule has 0 unspecified atom stereocenters. The Labute approximate surface area is 70.5 Å². The lowest BCUT2D eigenvalue weighted by molar-refractivity contribution is 0.936. The van der Waals surface area contributed by atoms with Gasteiger partial charge in [0, 0.05) is 18.8 Å². The van der Waals surface area contributed by atoms with Crippen molar-refractivity contribution in [2.24, 2.45) is 5.73 Å². The molecule has 0 aromatic carbocycles. The van der Waals surface area contributed by atoms with Crippen LogP contribution >= 0.6 is 12.2 Å². The number of rotatable bonds is 3. The van der Waals surface area contributed by atoms with E-state index in [2.05, 4.69) is 11.7 Å². The molecule has 0 aliphatic carbocycles. The molecule has 0 radical (unpaired) electrons. The first-order chi connectivity index (χ1) is 5.22. The summed E-state index contributed by atoms with van der Waals surface area (Å²) in [6, 6.07) is 0. The van der Waals surface area contributed by atoms with Crippen molar-refractivity contribution in [3.05, 3.63) is 24.5 Å². The van der Waals surface area contributed by atoms with Crippen molar-refractivity contribution in [2.75, 3.05) is 0 Å². The van der Waals surface area contributed by atoms with Crippen LogP contribution in [0.1, 0.15) is 5.56 Å². The Balaban J connectivity index is 2.72. The molecule has 0 aliphatic heterocycles. The molecule has 1 heterocycles. The van der Waals surface area contributed by atoms with E-state index in [9.17, 15) is 0 Å². The summed E-state index contributed by atoms with van der Waals surface area (Å²) in [4.78, 5) is 0.480. The number of hydrogen-bond donors (Lipinski definition) is 1. The van der Waals surface area contributed by atoms with E-state index in [0.717, 1.165) is 5.56 Å². The van der Waals surface area contributed by atoms with Gasteiger partial charge in [0.15, 0.2) is 0 Å². The summed E-state index contributed by atoms with van der Waals surface area (Å²) >= 11 is 4.74. The van der Waals surface area contributed by atoms with Crippen LogP contribution < -0.4 is 5.73 Å². The molecule has 0 atom stereocenters. The van der Waals surface area contributed by atoms with Crippen molar-refractivity contribution in [1.82, 2.24) is 9.78 Å². The van der Waals surface area contributed by atoms with E-state index in [1.54, 1.807) is 17.1 Å². The van der Waals surface area contributed by atoms with E-state index < -0.39 is 0 Å². The molecule has 0 saturated heterocycles. The molecule has 0 aliphatic rings. The Morgan fingerprint density at radius 1 is 1.91 bits per heavy atom. The second kappa shape index (κ2) is 3.30. The van der Waals surface area contributed by atoms with Gasteiger partial charge in [-0.1, -0.05) is 18.8 Å². The SMILES string of the molecule is C=Cn1cc(CC(N)=S)cn1. The highest BCUT2D eigenvalue weighted by atomic mass is 32.1. The summed E-state index contributed by atoms with van der Waals surface area (Å²) in [6.07, 6.45) is 5.78. The summed E-state index contributed by atoms with van der Waals surface area (Å²) in [5, 5.41) is 3.97. The summed E-state index contributed by atoms with van der Waals surface area (Å²) in [6.45, 7) is 3.56. The van der Waals surface area contributed by atoms with Crippen LogP contribution in [0.4, 0.5) is 0 Å². The second-order valence-electron chi connectivity index (χ2n) is 2.15. The van der Waals surface area contributed by atoms with Gasteiger partial charge in [-0.05, 0) is 5.56 Å². The minimum atomic E-state index is 0.480. The maximum Gasteiger partial charge on any atom is 0.0772 e. The standard InChI is InChI=1S/C7H9N3S/c1-2-10-5-6(4-9-10)3-7(8)11/h2,4-5H,1,3H2,(H2,8,11). The van der Waals surface area contributed by atoms with Crippen molar-refractivity contribution in [2.45, 2.75) is 6.42 Å². The highest BCUT2D eigenvalue weighted by Crippen LogP contribution is 1.98. The minimum absolute atomic E-state index is 0.480.